The number of allylic oxidation sites excluding steroid dienone is 14. The third-order valence-electron chi connectivity index (χ3n) is 17.8. The van der Waals surface area contributed by atoms with Crippen molar-refractivity contribution in [2.45, 2.75) is 393 Å². The number of carbonyl (C=O) groups is 4. The zero-order valence-electron chi connectivity index (χ0n) is 66.2. The summed E-state index contributed by atoms with van der Waals surface area (Å²) in [4.78, 5) is 73.1. The van der Waals surface area contributed by atoms with E-state index in [0.717, 1.165) is 128 Å². The number of carbonyl (C=O) groups excluding carboxylic acids is 4. The molecule has 0 radical (unpaired) electrons. The Bertz CT molecular complexity index is 2300. The molecule has 0 aliphatic heterocycles. The second kappa shape index (κ2) is 77.4. The number of esters is 4. The Hall–Kier alpha value is -3.76. The second-order valence-electron chi connectivity index (χ2n) is 28.1. The molecule has 104 heavy (non-hydrogen) atoms. The molecule has 0 rings (SSSR count). The Morgan fingerprint density at radius 1 is 0.269 bits per heavy atom. The molecular weight excluding hydrogens is 1350 g/mol. The lowest BCUT2D eigenvalue weighted by atomic mass is 10.0. The molecule has 17 nitrogen and oxygen atoms in total. The first-order valence-electron chi connectivity index (χ1n) is 41.8. The zero-order chi connectivity index (χ0) is 76.0. The molecule has 0 spiro atoms. The maximum Gasteiger partial charge on any atom is 0.472 e. The minimum atomic E-state index is -4.99. The van der Waals surface area contributed by atoms with Crippen molar-refractivity contribution in [2.24, 2.45) is 0 Å². The fourth-order valence-electron chi connectivity index (χ4n) is 11.4. The number of phosphoric ester groups is 2. The van der Waals surface area contributed by atoms with Crippen LogP contribution in [0.1, 0.15) is 374 Å². The molecule has 0 aliphatic carbocycles. The van der Waals surface area contributed by atoms with Crippen LogP contribution in [0.2, 0.25) is 0 Å². The maximum absolute atomic E-state index is 13.1. The second-order valence-corrected chi connectivity index (χ2v) is 31.0. The summed E-state index contributed by atoms with van der Waals surface area (Å²) in [6, 6.07) is 0. The van der Waals surface area contributed by atoms with E-state index in [9.17, 15) is 43.2 Å². The summed E-state index contributed by atoms with van der Waals surface area (Å²) in [6.07, 6.45) is 81.3. The van der Waals surface area contributed by atoms with Crippen LogP contribution in [-0.4, -0.2) is 96.7 Å². The number of hydrogen-bond donors (Lipinski definition) is 3. The summed E-state index contributed by atoms with van der Waals surface area (Å²) in [5.74, 6) is -2.24. The monoisotopic (exact) mass is 1510 g/mol. The molecule has 604 valence electrons. The fourth-order valence-corrected chi connectivity index (χ4v) is 13.0. The van der Waals surface area contributed by atoms with Crippen LogP contribution < -0.4 is 0 Å². The van der Waals surface area contributed by atoms with Crippen molar-refractivity contribution in [3.8, 4) is 0 Å². The fraction of sp³-hybridized carbons (Fsp3) is 0.788. The number of rotatable bonds is 79. The van der Waals surface area contributed by atoms with Gasteiger partial charge >= 0.3 is 39.5 Å². The lowest BCUT2D eigenvalue weighted by Crippen LogP contribution is -2.30. The number of phosphoric acid groups is 2. The van der Waals surface area contributed by atoms with Gasteiger partial charge in [-0.25, -0.2) is 9.13 Å². The van der Waals surface area contributed by atoms with Crippen LogP contribution in [0, 0.1) is 0 Å². The quantitative estimate of drug-likeness (QED) is 0.0169. The summed E-state index contributed by atoms with van der Waals surface area (Å²) >= 11 is 0. The molecular formula is C85H152O17P2. The molecule has 0 aromatic carbocycles. The van der Waals surface area contributed by atoms with E-state index in [1.54, 1.807) is 0 Å². The number of aliphatic hydroxyl groups excluding tert-OH is 1. The predicted molar refractivity (Wildman–Crippen MR) is 427 cm³/mol. The molecule has 0 aliphatic rings. The molecule has 5 atom stereocenters. The van der Waals surface area contributed by atoms with Crippen molar-refractivity contribution >= 4 is 39.5 Å². The van der Waals surface area contributed by atoms with Gasteiger partial charge in [-0.3, -0.25) is 37.3 Å². The van der Waals surface area contributed by atoms with Crippen LogP contribution in [0.5, 0.6) is 0 Å². The van der Waals surface area contributed by atoms with Gasteiger partial charge in [-0.05, 0) is 122 Å². The highest BCUT2D eigenvalue weighted by molar-refractivity contribution is 7.47. The van der Waals surface area contributed by atoms with E-state index in [-0.39, 0.29) is 25.7 Å². The minimum Gasteiger partial charge on any atom is -0.462 e. The first-order valence-corrected chi connectivity index (χ1v) is 44.8. The van der Waals surface area contributed by atoms with Crippen molar-refractivity contribution in [2.75, 3.05) is 39.6 Å². The molecule has 3 N–H and O–H groups in total. The molecule has 0 saturated carbocycles. The molecule has 0 fully saturated rings. The Morgan fingerprint density at radius 2 is 0.481 bits per heavy atom. The van der Waals surface area contributed by atoms with Crippen LogP contribution in [0.15, 0.2) is 85.1 Å². The molecule has 0 heterocycles. The lowest BCUT2D eigenvalue weighted by molar-refractivity contribution is -0.161. The Morgan fingerprint density at radius 3 is 0.788 bits per heavy atom. The van der Waals surface area contributed by atoms with Crippen molar-refractivity contribution in [1.29, 1.82) is 0 Å². The SMILES string of the molecule is CCCCC/C=C\C/C=C\C/C=C\C/C=C\CCCC(=O)OC[C@H](COP(=O)(O)OC[C@H](O)COP(=O)(O)OC[C@@H](COC(=O)CCCCCCCCCCCCCCCCCCC)OC(=O)CCCCCCC/C=C\C/C=C\CCCCC)OC(=O)CCCCCCC/C=C\CCCCCCCC. The minimum absolute atomic E-state index is 0.0749. The topological polar surface area (TPSA) is 237 Å². The highest BCUT2D eigenvalue weighted by atomic mass is 31.2. The normalized spacial score (nSPS) is 14.3. The van der Waals surface area contributed by atoms with Gasteiger partial charge in [0.25, 0.3) is 0 Å². The molecule has 0 saturated heterocycles. The van der Waals surface area contributed by atoms with Crippen molar-refractivity contribution in [1.82, 2.24) is 0 Å². The van der Waals surface area contributed by atoms with E-state index in [0.29, 0.717) is 32.1 Å². The number of aliphatic hydroxyl groups is 1. The largest absolute Gasteiger partial charge is 0.472 e. The Balaban J connectivity index is 5.39. The summed E-state index contributed by atoms with van der Waals surface area (Å²) in [6.45, 7) is 4.80. The molecule has 0 aromatic rings. The number of ether oxygens (including phenoxy) is 4. The summed E-state index contributed by atoms with van der Waals surface area (Å²) < 4.78 is 68.7. The van der Waals surface area contributed by atoms with Gasteiger partial charge in [0.05, 0.1) is 26.4 Å². The Kier molecular flexibility index (Phi) is 74.6. The molecule has 0 amide bonds. The van der Waals surface area contributed by atoms with Crippen LogP contribution >= 0.6 is 15.6 Å². The number of unbranched alkanes of at least 4 members (excludes halogenated alkanes) is 39. The highest BCUT2D eigenvalue weighted by Crippen LogP contribution is 2.45. The third kappa shape index (κ3) is 76.4. The van der Waals surface area contributed by atoms with Gasteiger partial charge in [0, 0.05) is 25.7 Å². The molecule has 0 aromatic heterocycles. The third-order valence-corrected chi connectivity index (χ3v) is 19.7. The van der Waals surface area contributed by atoms with Crippen LogP contribution in [-0.2, 0) is 65.4 Å². The molecule has 2 unspecified atom stereocenters. The van der Waals surface area contributed by atoms with Gasteiger partial charge in [0.1, 0.15) is 19.3 Å². The van der Waals surface area contributed by atoms with Crippen molar-refractivity contribution < 1.29 is 80.2 Å². The summed E-state index contributed by atoms with van der Waals surface area (Å²) in [5, 5.41) is 10.7. The Labute approximate surface area is 634 Å². The first kappa shape index (κ1) is 100. The standard InChI is InChI=1S/C85H152O17P2/c1-5-9-13-17-21-25-29-33-37-39-43-45-49-53-57-61-65-69-82(87)95-75-80(101-84(89)71-67-63-59-55-51-47-41-35-31-27-23-19-15-11-7-3)77-99-103(91,92)97-73-79(86)74-98-104(93,94)100-78-81(102-85(90)72-68-64-60-56-52-48-42-36-32-28-24-20-16-12-8-4)76-96-83(88)70-66-62-58-54-50-46-44-40-38-34-30-26-22-18-14-10-6-2/h21,24-25,28,33,35-37,41-43,45,53,57,79-81,86H,5-20,22-23,26-27,29-32,34,38-40,44,46-52,54-56,58-78H2,1-4H3,(H,91,92)(H,93,94)/b25-21-,28-24-,37-33-,41-35-,42-36-,45-43-,57-53-/t79-,80+,81+/m0/s1. The average molecular weight is 1510 g/mol. The van der Waals surface area contributed by atoms with Crippen LogP contribution in [0.4, 0.5) is 0 Å². The van der Waals surface area contributed by atoms with Gasteiger partial charge in [-0.1, -0.05) is 312 Å². The van der Waals surface area contributed by atoms with E-state index in [2.05, 4.69) is 101 Å². The first-order chi connectivity index (χ1) is 50.7. The average Bonchev–Trinajstić information content (AvgIpc) is 0.937. The van der Waals surface area contributed by atoms with E-state index in [4.69, 9.17) is 37.0 Å². The van der Waals surface area contributed by atoms with E-state index in [1.165, 1.54) is 161 Å². The number of hydrogen-bond acceptors (Lipinski definition) is 15. The maximum atomic E-state index is 13.1. The van der Waals surface area contributed by atoms with E-state index < -0.39 is 97.5 Å². The summed E-state index contributed by atoms with van der Waals surface area (Å²) in [7, 11) is -9.97. The predicted octanol–water partition coefficient (Wildman–Crippen LogP) is 24.6. The smallest absolute Gasteiger partial charge is 0.462 e. The van der Waals surface area contributed by atoms with Gasteiger partial charge in [0.2, 0.25) is 0 Å². The van der Waals surface area contributed by atoms with Gasteiger partial charge in [-0.2, -0.15) is 0 Å². The van der Waals surface area contributed by atoms with Crippen LogP contribution in [0.25, 0.3) is 0 Å². The summed E-state index contributed by atoms with van der Waals surface area (Å²) in [5.41, 5.74) is 0. The van der Waals surface area contributed by atoms with E-state index >= 15 is 0 Å². The van der Waals surface area contributed by atoms with Crippen LogP contribution in [0.3, 0.4) is 0 Å². The highest BCUT2D eigenvalue weighted by Gasteiger charge is 2.30. The van der Waals surface area contributed by atoms with Crippen molar-refractivity contribution in [3.05, 3.63) is 85.1 Å². The van der Waals surface area contributed by atoms with Gasteiger partial charge in [0.15, 0.2) is 12.2 Å². The molecule has 19 heteroatoms. The van der Waals surface area contributed by atoms with Crippen molar-refractivity contribution in [3.63, 3.8) is 0 Å². The molecule has 0 bridgehead atoms. The zero-order valence-corrected chi connectivity index (χ0v) is 68.0. The lowest BCUT2D eigenvalue weighted by Gasteiger charge is -2.21. The van der Waals surface area contributed by atoms with Gasteiger partial charge < -0.3 is 33.8 Å². The van der Waals surface area contributed by atoms with Gasteiger partial charge in [-0.15, -0.1) is 0 Å². The van der Waals surface area contributed by atoms with E-state index in [1.807, 2.05) is 12.2 Å².